The van der Waals surface area contributed by atoms with Crippen molar-refractivity contribution in [2.45, 2.75) is 44.9 Å². The summed E-state index contributed by atoms with van der Waals surface area (Å²) in [5.41, 5.74) is 2.46. The van der Waals surface area contributed by atoms with Gasteiger partial charge in [0.1, 0.15) is 0 Å². The first-order chi connectivity index (χ1) is 13.3. The monoisotopic (exact) mass is 370 g/mol. The number of benzene rings is 2. The molecule has 2 rings (SSSR count). The van der Waals surface area contributed by atoms with Gasteiger partial charge in [-0.05, 0) is 81.5 Å². The van der Waals surface area contributed by atoms with Crippen LogP contribution in [0.1, 0.15) is 43.2 Å². The zero-order chi connectivity index (χ0) is 19.2. The molecule has 0 spiro atoms. The molecule has 0 heterocycles. The van der Waals surface area contributed by atoms with Gasteiger partial charge in [-0.2, -0.15) is 0 Å². The molecule has 0 saturated carbocycles. The van der Waals surface area contributed by atoms with Crippen LogP contribution >= 0.6 is 0 Å². The maximum atomic E-state index is 9.47. The fourth-order valence-corrected chi connectivity index (χ4v) is 3.12. The smallest absolute Gasteiger partial charge is 0.157 e. The van der Waals surface area contributed by atoms with Crippen LogP contribution in [-0.4, -0.2) is 36.4 Å². The number of phenolic OH excluding ortho intramolecular Hbond substituents is 2. The second-order valence-electron chi connectivity index (χ2n) is 7.08. The highest BCUT2D eigenvalue weighted by Crippen LogP contribution is 2.24. The van der Waals surface area contributed by atoms with Crippen LogP contribution in [0.4, 0.5) is 0 Å². The van der Waals surface area contributed by atoms with Crippen LogP contribution in [0.15, 0.2) is 48.5 Å². The van der Waals surface area contributed by atoms with Gasteiger partial charge in [-0.15, -0.1) is 0 Å². The highest BCUT2D eigenvalue weighted by molar-refractivity contribution is 5.40. The van der Waals surface area contributed by atoms with Crippen molar-refractivity contribution in [1.29, 1.82) is 0 Å². The molecular weight excluding hydrogens is 336 g/mol. The van der Waals surface area contributed by atoms with Crippen molar-refractivity contribution in [3.05, 3.63) is 59.7 Å². The summed E-state index contributed by atoms with van der Waals surface area (Å²) >= 11 is 0. The molecule has 0 bridgehead atoms. The van der Waals surface area contributed by atoms with E-state index in [0.717, 1.165) is 44.6 Å². The summed E-state index contributed by atoms with van der Waals surface area (Å²) in [6.07, 6.45) is 8.21. The number of aryl methyl sites for hydroxylation is 1. The van der Waals surface area contributed by atoms with Crippen LogP contribution in [-0.2, 0) is 12.8 Å². The lowest BCUT2D eigenvalue weighted by Crippen LogP contribution is -2.19. The highest BCUT2D eigenvalue weighted by atomic mass is 16.3. The van der Waals surface area contributed by atoms with Gasteiger partial charge in [-0.1, -0.05) is 49.2 Å². The van der Waals surface area contributed by atoms with E-state index in [1.165, 1.54) is 37.7 Å². The zero-order valence-electron chi connectivity index (χ0n) is 16.3. The van der Waals surface area contributed by atoms with Crippen LogP contribution in [0, 0.1) is 0 Å². The lowest BCUT2D eigenvalue weighted by Gasteiger charge is -2.07. The van der Waals surface area contributed by atoms with Gasteiger partial charge >= 0.3 is 0 Å². The molecule has 0 amide bonds. The first-order valence-electron chi connectivity index (χ1n) is 10.2. The summed E-state index contributed by atoms with van der Waals surface area (Å²) in [6.45, 7) is 4.15. The molecule has 4 heteroatoms. The normalized spacial score (nSPS) is 11.0. The third kappa shape index (κ3) is 9.45. The number of hydrogen-bond acceptors (Lipinski definition) is 4. The van der Waals surface area contributed by atoms with Gasteiger partial charge in [-0.3, -0.25) is 0 Å². The van der Waals surface area contributed by atoms with Crippen LogP contribution in [0.25, 0.3) is 0 Å². The lowest BCUT2D eigenvalue weighted by molar-refractivity contribution is 0.403. The van der Waals surface area contributed by atoms with Crippen LogP contribution in [0.3, 0.4) is 0 Å². The van der Waals surface area contributed by atoms with Crippen molar-refractivity contribution in [1.82, 2.24) is 10.6 Å². The number of unbranched alkanes of at least 4 members (excludes halogenated alkanes) is 3. The van der Waals surface area contributed by atoms with Crippen molar-refractivity contribution in [2.24, 2.45) is 0 Å². The molecule has 27 heavy (non-hydrogen) atoms. The fourth-order valence-electron chi connectivity index (χ4n) is 3.12. The molecule has 0 aliphatic rings. The SMILES string of the molecule is Oc1ccc(CCNCCCCCCNCCCc2ccccc2)cc1O. The van der Waals surface area contributed by atoms with Crippen LogP contribution in [0.2, 0.25) is 0 Å². The first kappa shape index (κ1) is 21.3. The summed E-state index contributed by atoms with van der Waals surface area (Å²) in [7, 11) is 0. The number of nitrogens with one attached hydrogen (secondary N) is 2. The molecule has 0 aliphatic heterocycles. The standard InChI is InChI=1S/C23H34N2O2/c26-22-13-12-21(19-23(22)27)14-18-25-16-7-2-1-6-15-24-17-8-11-20-9-4-3-5-10-20/h3-5,9-10,12-13,19,24-27H,1-2,6-8,11,14-18H2. The first-order valence-corrected chi connectivity index (χ1v) is 10.2. The summed E-state index contributed by atoms with van der Waals surface area (Å²) in [4.78, 5) is 0. The average molecular weight is 371 g/mol. The Kier molecular flexibility index (Phi) is 10.4. The molecule has 0 aromatic heterocycles. The van der Waals surface area contributed by atoms with Crippen molar-refractivity contribution < 1.29 is 10.2 Å². The second-order valence-corrected chi connectivity index (χ2v) is 7.08. The minimum atomic E-state index is -0.0580. The summed E-state index contributed by atoms with van der Waals surface area (Å²) in [5.74, 6) is -0.0985. The molecule has 4 N–H and O–H groups in total. The second kappa shape index (κ2) is 13.2. The predicted octanol–water partition coefficient (Wildman–Crippen LogP) is 4.01. The average Bonchev–Trinajstić information content (AvgIpc) is 2.69. The van der Waals surface area contributed by atoms with Crippen molar-refractivity contribution in [3.63, 3.8) is 0 Å². The fraction of sp³-hybridized carbons (Fsp3) is 0.478. The van der Waals surface area contributed by atoms with Crippen molar-refractivity contribution in [3.8, 4) is 11.5 Å². The molecule has 0 fully saturated rings. The molecule has 0 radical (unpaired) electrons. The topological polar surface area (TPSA) is 64.5 Å². The van der Waals surface area contributed by atoms with E-state index in [4.69, 9.17) is 0 Å². The van der Waals surface area contributed by atoms with Crippen LogP contribution < -0.4 is 10.6 Å². The third-order valence-corrected chi connectivity index (χ3v) is 4.75. The summed E-state index contributed by atoms with van der Waals surface area (Å²) < 4.78 is 0. The van der Waals surface area contributed by atoms with Gasteiger partial charge < -0.3 is 20.8 Å². The van der Waals surface area contributed by atoms with E-state index >= 15 is 0 Å². The molecule has 2 aromatic rings. The Balaban J connectivity index is 1.34. The maximum absolute atomic E-state index is 9.47. The van der Waals surface area contributed by atoms with Gasteiger partial charge in [0.2, 0.25) is 0 Å². The van der Waals surface area contributed by atoms with E-state index in [-0.39, 0.29) is 11.5 Å². The minimum Gasteiger partial charge on any atom is -0.504 e. The number of phenols is 2. The lowest BCUT2D eigenvalue weighted by atomic mass is 10.1. The molecule has 0 aliphatic carbocycles. The summed E-state index contributed by atoms with van der Waals surface area (Å²) in [6, 6.07) is 15.7. The van der Waals surface area contributed by atoms with Gasteiger partial charge in [-0.25, -0.2) is 0 Å². The molecule has 0 saturated heterocycles. The van der Waals surface area contributed by atoms with E-state index in [9.17, 15) is 10.2 Å². The van der Waals surface area contributed by atoms with E-state index in [0.29, 0.717) is 0 Å². The minimum absolute atomic E-state index is 0.0406. The predicted molar refractivity (Wildman–Crippen MR) is 112 cm³/mol. The maximum Gasteiger partial charge on any atom is 0.157 e. The van der Waals surface area contributed by atoms with Gasteiger partial charge in [0.25, 0.3) is 0 Å². The number of rotatable bonds is 14. The summed E-state index contributed by atoms with van der Waals surface area (Å²) in [5, 5.41) is 25.7. The Bertz CT molecular complexity index is 632. The zero-order valence-corrected chi connectivity index (χ0v) is 16.3. The van der Waals surface area contributed by atoms with Crippen molar-refractivity contribution in [2.75, 3.05) is 26.2 Å². The largest absolute Gasteiger partial charge is 0.504 e. The van der Waals surface area contributed by atoms with Crippen molar-refractivity contribution >= 4 is 0 Å². The Morgan fingerprint density at radius 2 is 1.22 bits per heavy atom. The number of aromatic hydroxyl groups is 2. The number of hydrogen-bond donors (Lipinski definition) is 4. The Morgan fingerprint density at radius 3 is 1.93 bits per heavy atom. The molecule has 148 valence electrons. The highest BCUT2D eigenvalue weighted by Gasteiger charge is 2.00. The molecule has 0 unspecified atom stereocenters. The van der Waals surface area contributed by atoms with E-state index in [2.05, 4.69) is 41.0 Å². The molecule has 0 atom stereocenters. The molecular formula is C23H34N2O2. The van der Waals surface area contributed by atoms with E-state index < -0.39 is 0 Å². The van der Waals surface area contributed by atoms with Crippen LogP contribution in [0.5, 0.6) is 11.5 Å². The van der Waals surface area contributed by atoms with E-state index in [1.54, 1.807) is 12.1 Å². The quantitative estimate of drug-likeness (QED) is 0.300. The van der Waals surface area contributed by atoms with Gasteiger partial charge in [0, 0.05) is 0 Å². The molecule has 4 nitrogen and oxygen atoms in total. The van der Waals surface area contributed by atoms with Gasteiger partial charge in [0.05, 0.1) is 0 Å². The Morgan fingerprint density at radius 1 is 0.556 bits per heavy atom. The van der Waals surface area contributed by atoms with E-state index in [1.807, 2.05) is 6.07 Å². The van der Waals surface area contributed by atoms with Gasteiger partial charge in [0.15, 0.2) is 11.5 Å². The molecule has 2 aromatic carbocycles. The Labute approximate surface area is 163 Å². The third-order valence-electron chi connectivity index (χ3n) is 4.75. The Hall–Kier alpha value is -2.04.